The van der Waals surface area contributed by atoms with Crippen LogP contribution >= 0.6 is 0 Å². The molecule has 0 bridgehead atoms. The summed E-state index contributed by atoms with van der Waals surface area (Å²) in [5.41, 5.74) is 1.81. The van der Waals surface area contributed by atoms with E-state index in [9.17, 15) is 9.59 Å². The smallest absolute Gasteiger partial charge is 0.302 e. The summed E-state index contributed by atoms with van der Waals surface area (Å²) in [6.07, 6.45) is 0. The monoisotopic (exact) mass is 272 g/mol. The van der Waals surface area contributed by atoms with Crippen molar-refractivity contribution in [1.29, 1.82) is 0 Å². The summed E-state index contributed by atoms with van der Waals surface area (Å²) in [6, 6.07) is 11.6. The fraction of sp³-hybridized carbons (Fsp3) is 0.250. The van der Waals surface area contributed by atoms with Gasteiger partial charge in [-0.1, -0.05) is 36.4 Å². The highest BCUT2D eigenvalue weighted by Crippen LogP contribution is 2.24. The lowest BCUT2D eigenvalue weighted by atomic mass is 10.00. The number of hydrogen-bond acceptors (Lipinski definition) is 4. The summed E-state index contributed by atoms with van der Waals surface area (Å²) in [6.45, 7) is 3.18. The van der Waals surface area contributed by atoms with Crippen LogP contribution in [0, 0.1) is 0 Å². The molecule has 2 aromatic rings. The second-order valence-corrected chi connectivity index (χ2v) is 4.49. The third-order valence-electron chi connectivity index (χ3n) is 2.94. The number of carbonyl (C=O) groups is 2. The molecular formula is C16H16O4. The molecule has 0 unspecified atom stereocenters. The molecule has 2 aromatic carbocycles. The predicted molar refractivity (Wildman–Crippen MR) is 74.9 cm³/mol. The van der Waals surface area contributed by atoms with Gasteiger partial charge in [-0.25, -0.2) is 0 Å². The lowest BCUT2D eigenvalue weighted by molar-refractivity contribution is -0.142. The number of esters is 2. The number of fused-ring (bicyclic) bond motifs is 1. The maximum Gasteiger partial charge on any atom is 0.302 e. The maximum absolute atomic E-state index is 11.0. The summed E-state index contributed by atoms with van der Waals surface area (Å²) >= 11 is 0. The first-order valence-electron chi connectivity index (χ1n) is 6.34. The standard InChI is InChI=1S/C16H16O4/c1-11(17)19-9-14-7-3-5-13-6-4-8-15(16(13)14)10-20-12(2)18/h3-8H,9-10H2,1-2H3. The van der Waals surface area contributed by atoms with E-state index in [1.807, 2.05) is 36.4 Å². The van der Waals surface area contributed by atoms with E-state index in [2.05, 4.69) is 0 Å². The molecule has 0 heterocycles. The molecule has 0 atom stereocenters. The third kappa shape index (κ3) is 3.35. The molecule has 2 rings (SSSR count). The summed E-state index contributed by atoms with van der Waals surface area (Å²) < 4.78 is 10.1. The van der Waals surface area contributed by atoms with Crippen LogP contribution in [0.25, 0.3) is 10.8 Å². The first-order chi connectivity index (χ1) is 9.58. The first-order valence-corrected chi connectivity index (χ1v) is 6.34. The van der Waals surface area contributed by atoms with Crippen molar-refractivity contribution in [3.8, 4) is 0 Å². The summed E-state index contributed by atoms with van der Waals surface area (Å²) in [7, 11) is 0. The predicted octanol–water partition coefficient (Wildman–Crippen LogP) is 2.97. The van der Waals surface area contributed by atoms with Gasteiger partial charge in [-0.05, 0) is 21.9 Å². The molecule has 0 N–H and O–H groups in total. The highest BCUT2D eigenvalue weighted by atomic mass is 16.5. The zero-order valence-electron chi connectivity index (χ0n) is 11.5. The number of benzene rings is 2. The van der Waals surface area contributed by atoms with Gasteiger partial charge in [-0.15, -0.1) is 0 Å². The van der Waals surface area contributed by atoms with Crippen molar-refractivity contribution in [2.24, 2.45) is 0 Å². The van der Waals surface area contributed by atoms with Crippen molar-refractivity contribution in [3.63, 3.8) is 0 Å². The largest absolute Gasteiger partial charge is 0.461 e. The van der Waals surface area contributed by atoms with E-state index in [1.54, 1.807) is 0 Å². The minimum atomic E-state index is -0.320. The Balaban J connectivity index is 2.40. The minimum Gasteiger partial charge on any atom is -0.461 e. The Bertz CT molecular complexity index is 593. The van der Waals surface area contributed by atoms with Gasteiger partial charge in [0.15, 0.2) is 0 Å². The second kappa shape index (κ2) is 6.19. The summed E-state index contributed by atoms with van der Waals surface area (Å²) in [4.78, 5) is 21.9. The van der Waals surface area contributed by atoms with E-state index in [-0.39, 0.29) is 25.2 Å². The lowest BCUT2D eigenvalue weighted by Gasteiger charge is -2.11. The van der Waals surface area contributed by atoms with Gasteiger partial charge in [0.2, 0.25) is 0 Å². The number of rotatable bonds is 4. The van der Waals surface area contributed by atoms with Crippen LogP contribution in [-0.4, -0.2) is 11.9 Å². The van der Waals surface area contributed by atoms with Crippen LogP contribution in [0.15, 0.2) is 36.4 Å². The molecule has 0 spiro atoms. The zero-order chi connectivity index (χ0) is 14.5. The van der Waals surface area contributed by atoms with Gasteiger partial charge >= 0.3 is 11.9 Å². The summed E-state index contributed by atoms with van der Waals surface area (Å²) in [5.74, 6) is -0.640. The molecule has 0 saturated heterocycles. The molecule has 0 aliphatic heterocycles. The fourth-order valence-electron chi connectivity index (χ4n) is 2.10. The van der Waals surface area contributed by atoms with Crippen molar-refractivity contribution in [2.75, 3.05) is 0 Å². The molecule has 0 aliphatic carbocycles. The molecule has 104 valence electrons. The molecule has 0 radical (unpaired) electrons. The van der Waals surface area contributed by atoms with Gasteiger partial charge in [-0.2, -0.15) is 0 Å². The average molecular weight is 272 g/mol. The van der Waals surface area contributed by atoms with Gasteiger partial charge in [0.25, 0.3) is 0 Å². The Morgan fingerprint density at radius 2 is 1.30 bits per heavy atom. The molecular weight excluding hydrogens is 256 g/mol. The maximum atomic E-state index is 11.0. The van der Waals surface area contributed by atoms with Gasteiger partial charge in [0.05, 0.1) is 0 Å². The van der Waals surface area contributed by atoms with Crippen LogP contribution in [-0.2, 0) is 32.3 Å². The Hall–Kier alpha value is -2.36. The lowest BCUT2D eigenvalue weighted by Crippen LogP contribution is -2.03. The minimum absolute atomic E-state index is 0.212. The van der Waals surface area contributed by atoms with Gasteiger partial charge in [0, 0.05) is 13.8 Å². The number of hydrogen-bond donors (Lipinski definition) is 0. The van der Waals surface area contributed by atoms with E-state index in [0.29, 0.717) is 0 Å². The van der Waals surface area contributed by atoms with Crippen LogP contribution in [0.4, 0.5) is 0 Å². The van der Waals surface area contributed by atoms with Crippen molar-refractivity contribution >= 4 is 22.7 Å². The van der Waals surface area contributed by atoms with E-state index in [0.717, 1.165) is 21.9 Å². The Morgan fingerprint density at radius 1 is 0.850 bits per heavy atom. The van der Waals surface area contributed by atoms with Crippen LogP contribution in [0.5, 0.6) is 0 Å². The van der Waals surface area contributed by atoms with Crippen molar-refractivity contribution in [3.05, 3.63) is 47.5 Å². The number of carbonyl (C=O) groups excluding carboxylic acids is 2. The van der Waals surface area contributed by atoms with Gasteiger partial charge in [-0.3, -0.25) is 9.59 Å². The van der Waals surface area contributed by atoms with E-state index >= 15 is 0 Å². The molecule has 0 amide bonds. The Morgan fingerprint density at radius 3 is 1.70 bits per heavy atom. The topological polar surface area (TPSA) is 52.6 Å². The third-order valence-corrected chi connectivity index (χ3v) is 2.94. The molecule has 20 heavy (non-hydrogen) atoms. The Kier molecular flexibility index (Phi) is 4.35. The zero-order valence-corrected chi connectivity index (χ0v) is 11.5. The van der Waals surface area contributed by atoms with Gasteiger partial charge in [0.1, 0.15) is 13.2 Å². The average Bonchev–Trinajstić information content (AvgIpc) is 2.42. The second-order valence-electron chi connectivity index (χ2n) is 4.49. The van der Waals surface area contributed by atoms with E-state index in [4.69, 9.17) is 9.47 Å². The molecule has 4 nitrogen and oxygen atoms in total. The van der Waals surface area contributed by atoms with Crippen molar-refractivity contribution in [2.45, 2.75) is 27.1 Å². The molecule has 0 aliphatic rings. The fourth-order valence-corrected chi connectivity index (χ4v) is 2.10. The van der Waals surface area contributed by atoms with Crippen LogP contribution in [0.1, 0.15) is 25.0 Å². The highest BCUT2D eigenvalue weighted by Gasteiger charge is 2.08. The Labute approximate surface area is 117 Å². The SMILES string of the molecule is CC(=O)OCc1cccc2cccc(COC(C)=O)c12. The van der Waals surface area contributed by atoms with Crippen molar-refractivity contribution < 1.29 is 19.1 Å². The molecule has 0 aromatic heterocycles. The molecule has 4 heteroatoms. The van der Waals surface area contributed by atoms with Crippen molar-refractivity contribution in [1.82, 2.24) is 0 Å². The normalized spacial score (nSPS) is 10.3. The highest BCUT2D eigenvalue weighted by molar-refractivity contribution is 5.89. The van der Waals surface area contributed by atoms with Crippen LogP contribution < -0.4 is 0 Å². The van der Waals surface area contributed by atoms with E-state index < -0.39 is 0 Å². The molecule has 0 fully saturated rings. The van der Waals surface area contributed by atoms with Crippen LogP contribution in [0.3, 0.4) is 0 Å². The summed E-state index contributed by atoms with van der Waals surface area (Å²) in [5, 5.41) is 2.00. The van der Waals surface area contributed by atoms with Crippen LogP contribution in [0.2, 0.25) is 0 Å². The number of ether oxygens (including phenoxy) is 2. The van der Waals surface area contributed by atoms with E-state index in [1.165, 1.54) is 13.8 Å². The first kappa shape index (κ1) is 14.1. The quantitative estimate of drug-likeness (QED) is 0.803. The van der Waals surface area contributed by atoms with Gasteiger partial charge < -0.3 is 9.47 Å². The molecule has 0 saturated carbocycles.